The number of thioether (sulfide) groups is 1. The van der Waals surface area contributed by atoms with Crippen LogP contribution < -0.4 is 10.9 Å². The number of nitrogens with one attached hydrogen (secondary N) is 2. The lowest BCUT2D eigenvalue weighted by Crippen LogP contribution is -2.42. The van der Waals surface area contributed by atoms with Crippen LogP contribution in [0.15, 0.2) is 82.4 Å². The highest BCUT2D eigenvalue weighted by Gasteiger charge is 2.15. The van der Waals surface area contributed by atoms with E-state index in [2.05, 4.69) is 15.8 Å². The molecule has 4 rings (SSSR count). The molecule has 0 atom stereocenters. The van der Waals surface area contributed by atoms with Gasteiger partial charge in [0.2, 0.25) is 0 Å². The van der Waals surface area contributed by atoms with Crippen molar-refractivity contribution in [3.05, 3.63) is 94.5 Å². The van der Waals surface area contributed by atoms with Gasteiger partial charge < -0.3 is 4.42 Å². The lowest BCUT2D eigenvalue weighted by atomic mass is 10.1. The number of benzene rings is 3. The third kappa shape index (κ3) is 4.48. The number of hydrogen-bond acceptors (Lipinski definition) is 5. The predicted molar refractivity (Wildman–Crippen MR) is 116 cm³/mol. The number of para-hydroxylation sites is 2. The topological polar surface area (TPSA) is 84.2 Å². The maximum Gasteiger partial charge on any atom is 0.271 e. The van der Waals surface area contributed by atoms with Crippen LogP contribution in [-0.2, 0) is 5.75 Å². The molecule has 1 aromatic heterocycles. The van der Waals surface area contributed by atoms with Crippen LogP contribution in [0.1, 0.15) is 26.3 Å². The first-order valence-electron chi connectivity index (χ1n) is 9.03. The maximum atomic E-state index is 12.6. The Hall–Kier alpha value is -3.29. The molecule has 0 fully saturated rings. The van der Waals surface area contributed by atoms with E-state index < -0.39 is 11.8 Å². The average molecular weight is 438 g/mol. The molecule has 0 saturated carbocycles. The highest BCUT2D eigenvalue weighted by atomic mass is 35.5. The zero-order valence-corrected chi connectivity index (χ0v) is 17.2. The number of halogens is 1. The van der Waals surface area contributed by atoms with Gasteiger partial charge in [-0.25, -0.2) is 4.98 Å². The summed E-state index contributed by atoms with van der Waals surface area (Å²) in [6, 6.07) is 21.3. The quantitative estimate of drug-likeness (QED) is 0.344. The molecule has 3 aromatic carbocycles. The van der Waals surface area contributed by atoms with Crippen LogP contribution in [0.3, 0.4) is 0 Å². The number of hydrogen-bond donors (Lipinski definition) is 2. The lowest BCUT2D eigenvalue weighted by molar-refractivity contribution is 0.0846. The predicted octanol–water partition coefficient (Wildman–Crippen LogP) is 4.85. The summed E-state index contributed by atoms with van der Waals surface area (Å²) in [5.41, 5.74) is 7.85. The molecule has 1 heterocycles. The zero-order valence-electron chi connectivity index (χ0n) is 15.6. The Balaban J connectivity index is 1.42. The number of fused-ring (bicyclic) bond motifs is 1. The molecule has 0 aliphatic rings. The standard InChI is InChI=1S/C22H16ClN3O3S/c23-17-10-4-3-9-16(17)21(28)26-25-20(27)15-8-2-1-7-14(15)13-30-22-24-18-11-5-6-12-19(18)29-22/h1-12H,13H2,(H,25,27)(H,26,28). The fraction of sp³-hybridized carbons (Fsp3) is 0.0455. The molecule has 0 saturated heterocycles. The third-order valence-electron chi connectivity index (χ3n) is 4.30. The molecular weight excluding hydrogens is 422 g/mol. The van der Waals surface area contributed by atoms with E-state index in [1.807, 2.05) is 36.4 Å². The monoisotopic (exact) mass is 437 g/mol. The van der Waals surface area contributed by atoms with E-state index in [4.69, 9.17) is 16.0 Å². The molecule has 150 valence electrons. The van der Waals surface area contributed by atoms with Gasteiger partial charge in [-0.2, -0.15) is 0 Å². The smallest absolute Gasteiger partial charge is 0.271 e. The summed E-state index contributed by atoms with van der Waals surface area (Å²) in [5.74, 6) is -0.439. The first-order valence-corrected chi connectivity index (χ1v) is 10.4. The Morgan fingerprint density at radius 3 is 2.27 bits per heavy atom. The maximum absolute atomic E-state index is 12.6. The summed E-state index contributed by atoms with van der Waals surface area (Å²) in [6.07, 6.45) is 0. The van der Waals surface area contributed by atoms with Crippen LogP contribution in [0.2, 0.25) is 5.02 Å². The number of rotatable bonds is 5. The van der Waals surface area contributed by atoms with Gasteiger partial charge in [-0.15, -0.1) is 0 Å². The van der Waals surface area contributed by atoms with Crippen molar-refractivity contribution in [1.82, 2.24) is 15.8 Å². The molecule has 2 N–H and O–H groups in total. The second-order valence-corrected chi connectivity index (χ2v) is 7.62. The Morgan fingerprint density at radius 2 is 1.50 bits per heavy atom. The van der Waals surface area contributed by atoms with Gasteiger partial charge in [-0.3, -0.25) is 20.4 Å². The lowest BCUT2D eigenvalue weighted by Gasteiger charge is -2.11. The van der Waals surface area contributed by atoms with Crippen molar-refractivity contribution >= 4 is 46.3 Å². The van der Waals surface area contributed by atoms with E-state index in [1.54, 1.807) is 36.4 Å². The van der Waals surface area contributed by atoms with Crippen LogP contribution in [0.4, 0.5) is 0 Å². The van der Waals surface area contributed by atoms with Gasteiger partial charge in [0.1, 0.15) is 5.52 Å². The fourth-order valence-electron chi connectivity index (χ4n) is 2.81. The summed E-state index contributed by atoms with van der Waals surface area (Å²) >= 11 is 7.41. The van der Waals surface area contributed by atoms with Gasteiger partial charge in [0.05, 0.1) is 10.6 Å². The largest absolute Gasteiger partial charge is 0.431 e. The number of aromatic nitrogens is 1. The average Bonchev–Trinajstić information content (AvgIpc) is 3.19. The second kappa shape index (κ2) is 9.02. The van der Waals surface area contributed by atoms with E-state index in [1.165, 1.54) is 11.8 Å². The number of hydrazine groups is 1. The molecule has 0 spiro atoms. The first kappa shape index (κ1) is 20.0. The number of amides is 2. The van der Waals surface area contributed by atoms with E-state index in [-0.39, 0.29) is 5.56 Å². The Bertz CT molecular complexity index is 1190. The number of carbonyl (C=O) groups is 2. The van der Waals surface area contributed by atoms with Gasteiger partial charge in [-0.1, -0.05) is 65.8 Å². The summed E-state index contributed by atoms with van der Waals surface area (Å²) in [5, 5.41) is 0.831. The van der Waals surface area contributed by atoms with E-state index >= 15 is 0 Å². The molecule has 4 aromatic rings. The molecule has 0 unspecified atom stereocenters. The van der Waals surface area contributed by atoms with Gasteiger partial charge in [0.25, 0.3) is 17.0 Å². The summed E-state index contributed by atoms with van der Waals surface area (Å²) in [7, 11) is 0. The SMILES string of the molecule is O=C(NNC(=O)c1ccccc1CSc1nc2ccccc2o1)c1ccccc1Cl. The van der Waals surface area contributed by atoms with Crippen LogP contribution in [0, 0.1) is 0 Å². The summed E-state index contributed by atoms with van der Waals surface area (Å²) in [6.45, 7) is 0. The van der Waals surface area contributed by atoms with Gasteiger partial charge in [0.15, 0.2) is 5.58 Å². The minimum atomic E-state index is -0.493. The Morgan fingerprint density at radius 1 is 0.867 bits per heavy atom. The molecule has 0 radical (unpaired) electrons. The number of carbonyl (C=O) groups excluding carboxylic acids is 2. The molecule has 6 nitrogen and oxygen atoms in total. The molecule has 0 bridgehead atoms. The van der Waals surface area contributed by atoms with Crippen molar-refractivity contribution in [2.45, 2.75) is 11.0 Å². The zero-order chi connectivity index (χ0) is 20.9. The van der Waals surface area contributed by atoms with Crippen molar-refractivity contribution in [1.29, 1.82) is 0 Å². The van der Waals surface area contributed by atoms with Crippen LogP contribution in [0.25, 0.3) is 11.1 Å². The van der Waals surface area contributed by atoms with E-state index in [0.717, 1.165) is 11.1 Å². The van der Waals surface area contributed by atoms with E-state index in [0.29, 0.717) is 27.1 Å². The highest BCUT2D eigenvalue weighted by Crippen LogP contribution is 2.27. The number of nitrogens with zero attached hydrogens (tertiary/aromatic N) is 1. The highest BCUT2D eigenvalue weighted by molar-refractivity contribution is 7.98. The molecule has 0 aliphatic carbocycles. The summed E-state index contributed by atoms with van der Waals surface area (Å²) in [4.78, 5) is 29.3. The van der Waals surface area contributed by atoms with Crippen LogP contribution >= 0.6 is 23.4 Å². The number of oxazole rings is 1. The van der Waals surface area contributed by atoms with Crippen molar-refractivity contribution in [2.24, 2.45) is 0 Å². The Kier molecular flexibility index (Phi) is 6.02. The van der Waals surface area contributed by atoms with Crippen molar-refractivity contribution < 1.29 is 14.0 Å². The fourth-order valence-corrected chi connectivity index (χ4v) is 3.88. The van der Waals surface area contributed by atoms with Gasteiger partial charge in [0, 0.05) is 11.3 Å². The molecule has 2 amide bonds. The summed E-state index contributed by atoms with van der Waals surface area (Å²) < 4.78 is 5.71. The van der Waals surface area contributed by atoms with Crippen molar-refractivity contribution in [3.8, 4) is 0 Å². The molecule has 30 heavy (non-hydrogen) atoms. The van der Waals surface area contributed by atoms with Crippen molar-refractivity contribution in [2.75, 3.05) is 0 Å². The molecular formula is C22H16ClN3O3S. The first-order chi connectivity index (χ1) is 14.6. The molecule has 8 heteroatoms. The van der Waals surface area contributed by atoms with Crippen LogP contribution in [0.5, 0.6) is 0 Å². The Labute approximate surface area is 181 Å². The second-order valence-electron chi connectivity index (χ2n) is 6.28. The third-order valence-corrected chi connectivity index (χ3v) is 5.50. The van der Waals surface area contributed by atoms with Crippen molar-refractivity contribution in [3.63, 3.8) is 0 Å². The normalized spacial score (nSPS) is 10.7. The molecule has 0 aliphatic heterocycles. The van der Waals surface area contributed by atoms with Gasteiger partial charge in [-0.05, 0) is 35.9 Å². The minimum absolute atomic E-state index is 0.277. The van der Waals surface area contributed by atoms with Gasteiger partial charge >= 0.3 is 0 Å². The van der Waals surface area contributed by atoms with E-state index in [9.17, 15) is 9.59 Å². The minimum Gasteiger partial charge on any atom is -0.431 e. The van der Waals surface area contributed by atoms with Crippen LogP contribution in [-0.4, -0.2) is 16.8 Å².